The quantitative estimate of drug-likeness (QED) is 0.856. The van der Waals surface area contributed by atoms with E-state index in [2.05, 4.69) is 43.2 Å². The molecule has 114 valence electrons. The summed E-state index contributed by atoms with van der Waals surface area (Å²) in [5, 5.41) is 2.75. The number of hydrogen-bond acceptors (Lipinski definition) is 2. The molecule has 1 aromatic heterocycles. The molecular formula is C19H22N2O. The molecule has 0 fully saturated rings. The molecule has 3 nitrogen and oxygen atoms in total. The van der Waals surface area contributed by atoms with Gasteiger partial charge in [-0.25, -0.2) is 4.98 Å². The summed E-state index contributed by atoms with van der Waals surface area (Å²) < 4.78 is 0. The zero-order chi connectivity index (χ0) is 16.2. The molecule has 0 saturated heterocycles. The van der Waals surface area contributed by atoms with Crippen LogP contribution in [0.5, 0.6) is 0 Å². The van der Waals surface area contributed by atoms with Crippen LogP contribution in [-0.2, 0) is 10.2 Å². The number of aromatic nitrogens is 1. The van der Waals surface area contributed by atoms with E-state index in [9.17, 15) is 4.79 Å². The molecule has 0 spiro atoms. The molecule has 0 atom stereocenters. The highest BCUT2D eigenvalue weighted by Gasteiger charge is 2.12. The zero-order valence-electron chi connectivity index (χ0n) is 13.6. The second-order valence-electron chi connectivity index (χ2n) is 6.36. The summed E-state index contributed by atoms with van der Waals surface area (Å²) in [5.74, 6) is 0.385. The highest BCUT2D eigenvalue weighted by molar-refractivity contribution is 6.01. The van der Waals surface area contributed by atoms with Crippen LogP contribution in [0.15, 0.2) is 48.5 Å². The molecule has 1 N–H and O–H groups in total. The van der Waals surface area contributed by atoms with Crippen LogP contribution >= 0.6 is 0 Å². The number of amides is 1. The summed E-state index contributed by atoms with van der Waals surface area (Å²) in [6.07, 6.45) is 3.33. The number of anilines is 1. The lowest BCUT2D eigenvalue weighted by Gasteiger charge is -2.18. The van der Waals surface area contributed by atoms with E-state index in [0.29, 0.717) is 5.82 Å². The first-order valence-corrected chi connectivity index (χ1v) is 7.38. The Bertz CT molecular complexity index is 679. The fourth-order valence-corrected chi connectivity index (χ4v) is 2.05. The SMILES string of the molecule is Cc1cccc(NC(=O)C=Cc2ccc(C(C)(C)C)cc2)n1. The Morgan fingerprint density at radius 2 is 1.77 bits per heavy atom. The van der Waals surface area contributed by atoms with Gasteiger partial charge in [-0.2, -0.15) is 0 Å². The maximum atomic E-state index is 11.9. The lowest BCUT2D eigenvalue weighted by molar-refractivity contribution is -0.111. The largest absolute Gasteiger partial charge is 0.307 e. The Morgan fingerprint density at radius 1 is 1.09 bits per heavy atom. The Balaban J connectivity index is 2.00. The van der Waals surface area contributed by atoms with Crippen molar-refractivity contribution in [3.05, 3.63) is 65.4 Å². The molecule has 1 heterocycles. The molecule has 1 amide bonds. The molecule has 0 saturated carbocycles. The van der Waals surface area contributed by atoms with Crippen molar-refractivity contribution < 1.29 is 4.79 Å². The Labute approximate surface area is 132 Å². The fraction of sp³-hybridized carbons (Fsp3) is 0.263. The molecule has 0 aliphatic rings. The van der Waals surface area contributed by atoms with Gasteiger partial charge in [0.1, 0.15) is 5.82 Å². The number of carbonyl (C=O) groups is 1. The number of rotatable bonds is 3. The average Bonchev–Trinajstić information content (AvgIpc) is 2.45. The van der Waals surface area contributed by atoms with E-state index in [4.69, 9.17) is 0 Å². The van der Waals surface area contributed by atoms with Crippen molar-refractivity contribution in [1.29, 1.82) is 0 Å². The average molecular weight is 294 g/mol. The third-order valence-electron chi connectivity index (χ3n) is 3.34. The molecule has 0 unspecified atom stereocenters. The van der Waals surface area contributed by atoms with Crippen LogP contribution in [0.4, 0.5) is 5.82 Å². The van der Waals surface area contributed by atoms with E-state index in [1.807, 2.05) is 31.2 Å². The first kappa shape index (κ1) is 16.0. The van der Waals surface area contributed by atoms with Crippen molar-refractivity contribution in [2.24, 2.45) is 0 Å². The molecule has 0 radical (unpaired) electrons. The predicted octanol–water partition coefficient (Wildman–Crippen LogP) is 4.34. The summed E-state index contributed by atoms with van der Waals surface area (Å²) in [5.41, 5.74) is 3.29. The summed E-state index contributed by atoms with van der Waals surface area (Å²) in [7, 11) is 0. The maximum Gasteiger partial charge on any atom is 0.249 e. The lowest BCUT2D eigenvalue weighted by atomic mass is 9.87. The normalized spacial score (nSPS) is 11.6. The first-order valence-electron chi connectivity index (χ1n) is 7.38. The second-order valence-corrected chi connectivity index (χ2v) is 6.36. The van der Waals surface area contributed by atoms with E-state index < -0.39 is 0 Å². The van der Waals surface area contributed by atoms with Gasteiger partial charge in [0.2, 0.25) is 5.91 Å². The van der Waals surface area contributed by atoms with Crippen LogP contribution in [0.2, 0.25) is 0 Å². The molecule has 2 aromatic rings. The highest BCUT2D eigenvalue weighted by atomic mass is 16.1. The van der Waals surface area contributed by atoms with E-state index in [1.54, 1.807) is 12.1 Å². The highest BCUT2D eigenvalue weighted by Crippen LogP contribution is 2.22. The van der Waals surface area contributed by atoms with Gasteiger partial charge in [0, 0.05) is 11.8 Å². The molecule has 22 heavy (non-hydrogen) atoms. The van der Waals surface area contributed by atoms with Crippen molar-refractivity contribution in [2.45, 2.75) is 33.1 Å². The standard InChI is InChI=1S/C19H22N2O/c1-14-6-5-7-17(20-14)21-18(22)13-10-15-8-11-16(12-9-15)19(2,3)4/h5-13H,1-4H3,(H,20,21,22). The van der Waals surface area contributed by atoms with Crippen LogP contribution in [0.3, 0.4) is 0 Å². The number of pyridine rings is 1. The van der Waals surface area contributed by atoms with Gasteiger partial charge in [0.15, 0.2) is 0 Å². The summed E-state index contributed by atoms with van der Waals surface area (Å²) >= 11 is 0. The van der Waals surface area contributed by atoms with Gasteiger partial charge in [-0.3, -0.25) is 4.79 Å². The van der Waals surface area contributed by atoms with Crippen molar-refractivity contribution >= 4 is 17.8 Å². The van der Waals surface area contributed by atoms with E-state index >= 15 is 0 Å². The molecule has 1 aromatic carbocycles. The van der Waals surface area contributed by atoms with Gasteiger partial charge in [0.25, 0.3) is 0 Å². The number of aryl methyl sites for hydroxylation is 1. The summed E-state index contributed by atoms with van der Waals surface area (Å²) in [6.45, 7) is 8.43. The maximum absolute atomic E-state index is 11.9. The van der Waals surface area contributed by atoms with E-state index in [0.717, 1.165) is 11.3 Å². The van der Waals surface area contributed by atoms with Gasteiger partial charge >= 0.3 is 0 Å². The van der Waals surface area contributed by atoms with E-state index in [-0.39, 0.29) is 11.3 Å². The van der Waals surface area contributed by atoms with Gasteiger partial charge < -0.3 is 5.32 Å². The third kappa shape index (κ3) is 4.55. The van der Waals surface area contributed by atoms with Gasteiger partial charge in [-0.05, 0) is 41.7 Å². The van der Waals surface area contributed by atoms with Gasteiger partial charge in [-0.15, -0.1) is 0 Å². The van der Waals surface area contributed by atoms with Crippen molar-refractivity contribution in [3.63, 3.8) is 0 Å². The first-order chi connectivity index (χ1) is 10.3. The lowest BCUT2D eigenvalue weighted by Crippen LogP contribution is -2.10. The Kier molecular flexibility index (Phi) is 4.76. The second kappa shape index (κ2) is 6.56. The Hall–Kier alpha value is -2.42. The molecule has 0 bridgehead atoms. The number of nitrogens with one attached hydrogen (secondary N) is 1. The predicted molar refractivity (Wildman–Crippen MR) is 91.8 cm³/mol. The van der Waals surface area contributed by atoms with E-state index in [1.165, 1.54) is 11.6 Å². The van der Waals surface area contributed by atoms with Crippen LogP contribution in [0, 0.1) is 6.92 Å². The number of carbonyl (C=O) groups excluding carboxylic acids is 1. The van der Waals surface area contributed by atoms with Gasteiger partial charge in [-0.1, -0.05) is 51.1 Å². The van der Waals surface area contributed by atoms with Gasteiger partial charge in [0.05, 0.1) is 0 Å². The van der Waals surface area contributed by atoms with Crippen LogP contribution in [0.25, 0.3) is 6.08 Å². The molecule has 0 aliphatic heterocycles. The minimum Gasteiger partial charge on any atom is -0.307 e. The smallest absolute Gasteiger partial charge is 0.249 e. The van der Waals surface area contributed by atoms with Crippen LogP contribution in [-0.4, -0.2) is 10.9 Å². The third-order valence-corrected chi connectivity index (χ3v) is 3.34. The van der Waals surface area contributed by atoms with Crippen molar-refractivity contribution in [2.75, 3.05) is 5.32 Å². The number of hydrogen-bond donors (Lipinski definition) is 1. The zero-order valence-corrected chi connectivity index (χ0v) is 13.6. The molecular weight excluding hydrogens is 272 g/mol. The monoisotopic (exact) mass is 294 g/mol. The molecule has 0 aliphatic carbocycles. The van der Waals surface area contributed by atoms with Crippen molar-refractivity contribution in [3.8, 4) is 0 Å². The minimum absolute atomic E-state index is 0.135. The van der Waals surface area contributed by atoms with Crippen LogP contribution < -0.4 is 5.32 Å². The minimum atomic E-state index is -0.182. The number of benzene rings is 1. The molecule has 2 rings (SSSR count). The molecule has 3 heteroatoms. The topological polar surface area (TPSA) is 42.0 Å². The summed E-state index contributed by atoms with van der Waals surface area (Å²) in [6, 6.07) is 13.8. The fourth-order valence-electron chi connectivity index (χ4n) is 2.05. The van der Waals surface area contributed by atoms with Crippen LogP contribution in [0.1, 0.15) is 37.6 Å². The number of nitrogens with zero attached hydrogens (tertiary/aromatic N) is 1. The Morgan fingerprint density at radius 3 is 2.36 bits per heavy atom. The summed E-state index contributed by atoms with van der Waals surface area (Å²) in [4.78, 5) is 16.1. The van der Waals surface area contributed by atoms with Crippen molar-refractivity contribution in [1.82, 2.24) is 4.98 Å².